The van der Waals surface area contributed by atoms with Gasteiger partial charge in [-0.15, -0.1) is 0 Å². The number of carbonyl (C=O) groups is 2. The van der Waals surface area contributed by atoms with Crippen molar-refractivity contribution < 1.29 is 9.59 Å². The fraction of sp³-hybridized carbons (Fsp3) is 0.474. The number of para-hydroxylation sites is 1. The molecule has 1 aliphatic rings. The summed E-state index contributed by atoms with van der Waals surface area (Å²) in [6, 6.07) is 6.87. The highest BCUT2D eigenvalue weighted by atomic mass is 32.2. The first-order valence-electron chi connectivity index (χ1n) is 9.14. The summed E-state index contributed by atoms with van der Waals surface area (Å²) in [7, 11) is 0. The molecule has 27 heavy (non-hydrogen) atoms. The first kappa shape index (κ1) is 19.4. The average Bonchev–Trinajstić information content (AvgIpc) is 3.06. The van der Waals surface area contributed by atoms with Crippen LogP contribution in [0.2, 0.25) is 0 Å². The van der Waals surface area contributed by atoms with Crippen molar-refractivity contribution >= 4 is 34.6 Å². The molecule has 0 bridgehead atoms. The summed E-state index contributed by atoms with van der Waals surface area (Å²) in [5.74, 6) is 0.168. The molecule has 8 heteroatoms. The minimum Gasteiger partial charge on any atom is -0.336 e. The van der Waals surface area contributed by atoms with Crippen LogP contribution in [-0.2, 0) is 11.3 Å². The number of hydrogen-bond donors (Lipinski definition) is 1. The molecule has 7 nitrogen and oxygen atoms in total. The van der Waals surface area contributed by atoms with Gasteiger partial charge in [-0.1, -0.05) is 37.7 Å². The molecule has 1 saturated heterocycles. The summed E-state index contributed by atoms with van der Waals surface area (Å²) < 4.78 is 1.65. The standard InChI is InChI=1S/C19H24N4O3S/c1-12(2)8-10-23-17(25)14-6-4-5-7-15(14)21-19(23)27-13(3)16(24)22-11-9-20-18(22)26/h4-7,12-13H,8-11H2,1-3H3,(H,20,26)/t13-/m0/s1. The van der Waals surface area contributed by atoms with E-state index >= 15 is 0 Å². The lowest BCUT2D eigenvalue weighted by Crippen LogP contribution is -2.39. The van der Waals surface area contributed by atoms with Crippen molar-refractivity contribution in [3.05, 3.63) is 34.6 Å². The summed E-state index contributed by atoms with van der Waals surface area (Å²) in [5.41, 5.74) is 0.520. The van der Waals surface area contributed by atoms with E-state index in [2.05, 4.69) is 24.1 Å². The smallest absolute Gasteiger partial charge is 0.324 e. The lowest BCUT2D eigenvalue weighted by Gasteiger charge is -2.19. The zero-order chi connectivity index (χ0) is 19.6. The van der Waals surface area contributed by atoms with Crippen molar-refractivity contribution in [2.24, 2.45) is 5.92 Å². The average molecular weight is 388 g/mol. The van der Waals surface area contributed by atoms with Gasteiger partial charge in [-0.2, -0.15) is 0 Å². The van der Waals surface area contributed by atoms with E-state index in [0.717, 1.165) is 6.42 Å². The molecule has 3 rings (SSSR count). The van der Waals surface area contributed by atoms with Crippen LogP contribution in [0.1, 0.15) is 27.2 Å². The van der Waals surface area contributed by atoms with E-state index in [-0.39, 0.29) is 17.5 Å². The molecule has 144 valence electrons. The van der Waals surface area contributed by atoms with Crippen molar-refractivity contribution in [1.29, 1.82) is 0 Å². The number of nitrogens with zero attached hydrogens (tertiary/aromatic N) is 3. The van der Waals surface area contributed by atoms with Crippen molar-refractivity contribution in [1.82, 2.24) is 19.8 Å². The van der Waals surface area contributed by atoms with Crippen molar-refractivity contribution in [3.8, 4) is 0 Å². The second-order valence-electron chi connectivity index (χ2n) is 7.03. The number of benzene rings is 1. The molecule has 0 unspecified atom stereocenters. The number of hydrogen-bond acceptors (Lipinski definition) is 5. The van der Waals surface area contributed by atoms with E-state index in [1.807, 2.05) is 12.1 Å². The fourth-order valence-electron chi connectivity index (χ4n) is 2.93. The fourth-order valence-corrected chi connectivity index (χ4v) is 3.93. The predicted molar refractivity (Wildman–Crippen MR) is 106 cm³/mol. The third-order valence-electron chi connectivity index (χ3n) is 4.51. The van der Waals surface area contributed by atoms with Gasteiger partial charge in [-0.05, 0) is 31.4 Å². The highest BCUT2D eigenvalue weighted by Crippen LogP contribution is 2.25. The maximum atomic E-state index is 13.0. The first-order chi connectivity index (χ1) is 12.9. The quantitative estimate of drug-likeness (QED) is 0.607. The predicted octanol–water partition coefficient (Wildman–Crippen LogP) is 2.48. The minimum absolute atomic E-state index is 0.0951. The zero-order valence-electron chi connectivity index (χ0n) is 15.8. The van der Waals surface area contributed by atoms with Gasteiger partial charge in [0.25, 0.3) is 5.56 Å². The lowest BCUT2D eigenvalue weighted by atomic mass is 10.1. The van der Waals surface area contributed by atoms with Gasteiger partial charge in [0.2, 0.25) is 5.91 Å². The third-order valence-corrected chi connectivity index (χ3v) is 5.59. The molecule has 0 radical (unpaired) electrons. The summed E-state index contributed by atoms with van der Waals surface area (Å²) >= 11 is 1.23. The summed E-state index contributed by atoms with van der Waals surface area (Å²) in [4.78, 5) is 43.2. The monoisotopic (exact) mass is 388 g/mol. The van der Waals surface area contributed by atoms with E-state index < -0.39 is 5.25 Å². The van der Waals surface area contributed by atoms with Gasteiger partial charge in [-0.3, -0.25) is 19.1 Å². The molecule has 1 fully saturated rings. The minimum atomic E-state index is -0.521. The van der Waals surface area contributed by atoms with Crippen molar-refractivity contribution in [2.75, 3.05) is 13.1 Å². The molecule has 0 aliphatic carbocycles. The molecule has 0 spiro atoms. The topological polar surface area (TPSA) is 84.3 Å². The molecular formula is C19H24N4O3S. The van der Waals surface area contributed by atoms with E-state index in [1.165, 1.54) is 16.7 Å². The van der Waals surface area contributed by atoms with Gasteiger partial charge in [0.15, 0.2) is 5.16 Å². The Kier molecular flexibility index (Phi) is 5.84. The van der Waals surface area contributed by atoms with Gasteiger partial charge >= 0.3 is 6.03 Å². The van der Waals surface area contributed by atoms with Crippen LogP contribution in [0.25, 0.3) is 10.9 Å². The van der Waals surface area contributed by atoms with Crippen molar-refractivity contribution in [2.45, 2.75) is 44.1 Å². The molecular weight excluding hydrogens is 364 g/mol. The molecule has 2 heterocycles. The van der Waals surface area contributed by atoms with E-state index in [0.29, 0.717) is 41.6 Å². The highest BCUT2D eigenvalue weighted by Gasteiger charge is 2.31. The number of imide groups is 1. The van der Waals surface area contributed by atoms with E-state index in [9.17, 15) is 14.4 Å². The number of nitrogens with one attached hydrogen (secondary N) is 1. The van der Waals surface area contributed by atoms with Crippen molar-refractivity contribution in [3.63, 3.8) is 0 Å². The second-order valence-corrected chi connectivity index (χ2v) is 8.34. The summed E-state index contributed by atoms with van der Waals surface area (Å²) in [5, 5.41) is 3.20. The van der Waals surface area contributed by atoms with E-state index in [1.54, 1.807) is 23.6 Å². The molecule has 1 aliphatic heterocycles. The van der Waals surface area contributed by atoms with E-state index in [4.69, 9.17) is 0 Å². The normalized spacial score (nSPS) is 15.4. The summed E-state index contributed by atoms with van der Waals surface area (Å²) in [6.45, 7) is 7.33. The zero-order valence-corrected chi connectivity index (χ0v) is 16.6. The Hall–Kier alpha value is -2.35. The van der Waals surface area contributed by atoms with Gasteiger partial charge in [0.05, 0.1) is 16.2 Å². The third kappa shape index (κ3) is 4.16. The Labute approximate surface area is 162 Å². The number of fused-ring (bicyclic) bond motifs is 1. The number of aromatic nitrogens is 2. The number of thioether (sulfide) groups is 1. The molecule has 0 saturated carbocycles. The van der Waals surface area contributed by atoms with Crippen LogP contribution >= 0.6 is 11.8 Å². The van der Waals surface area contributed by atoms with Gasteiger partial charge in [0, 0.05) is 19.6 Å². The van der Waals surface area contributed by atoms with Crippen LogP contribution < -0.4 is 10.9 Å². The maximum Gasteiger partial charge on any atom is 0.324 e. The Morgan fingerprint density at radius 2 is 2.00 bits per heavy atom. The second kappa shape index (κ2) is 8.12. The molecule has 2 aromatic rings. The van der Waals surface area contributed by atoms with Crippen LogP contribution in [-0.4, -0.2) is 44.7 Å². The Balaban J connectivity index is 1.93. The first-order valence-corrected chi connectivity index (χ1v) is 10.0. The number of carbonyl (C=O) groups excluding carboxylic acids is 2. The van der Waals surface area contributed by atoms with Crippen LogP contribution in [0.5, 0.6) is 0 Å². The van der Waals surface area contributed by atoms with Gasteiger partial charge in [-0.25, -0.2) is 9.78 Å². The lowest BCUT2D eigenvalue weighted by molar-refractivity contribution is -0.126. The maximum absolute atomic E-state index is 13.0. The SMILES string of the molecule is CC(C)CCn1c(S[C@@H](C)C(=O)N2CCNC2=O)nc2ccccc2c1=O. The Bertz CT molecular complexity index is 925. The Morgan fingerprint density at radius 3 is 2.67 bits per heavy atom. The van der Waals surface area contributed by atoms with Gasteiger partial charge < -0.3 is 5.32 Å². The molecule has 1 N–H and O–H groups in total. The number of amides is 3. The van der Waals surface area contributed by atoms with Crippen LogP contribution in [0.3, 0.4) is 0 Å². The molecule has 1 aromatic heterocycles. The summed E-state index contributed by atoms with van der Waals surface area (Å²) in [6.07, 6.45) is 0.838. The molecule has 1 aromatic carbocycles. The van der Waals surface area contributed by atoms with Crippen LogP contribution in [0, 0.1) is 5.92 Å². The largest absolute Gasteiger partial charge is 0.336 e. The molecule has 1 atom stereocenters. The van der Waals surface area contributed by atoms with Crippen LogP contribution in [0.4, 0.5) is 4.79 Å². The number of rotatable bonds is 6. The number of urea groups is 1. The molecule has 3 amide bonds. The highest BCUT2D eigenvalue weighted by molar-refractivity contribution is 8.00. The van der Waals surface area contributed by atoms with Crippen LogP contribution in [0.15, 0.2) is 34.2 Å². The van der Waals surface area contributed by atoms with Gasteiger partial charge in [0.1, 0.15) is 0 Å². The Morgan fingerprint density at radius 1 is 1.26 bits per heavy atom.